The molecular formula is C13H18N4. The Morgan fingerprint density at radius 2 is 2.18 bits per heavy atom. The summed E-state index contributed by atoms with van der Waals surface area (Å²) in [6, 6.07) is 6.20. The predicted octanol–water partition coefficient (Wildman–Crippen LogP) is 1.46. The molecule has 0 fully saturated rings. The van der Waals surface area contributed by atoms with Crippen molar-refractivity contribution in [3.63, 3.8) is 0 Å². The SMILES string of the molecule is Cc1ccc(CNCCc2ccnn2C)cn1. The summed E-state index contributed by atoms with van der Waals surface area (Å²) in [4.78, 5) is 4.27. The number of nitrogens with one attached hydrogen (secondary N) is 1. The molecule has 2 heterocycles. The van der Waals surface area contributed by atoms with Crippen molar-refractivity contribution in [2.75, 3.05) is 6.54 Å². The van der Waals surface area contributed by atoms with Gasteiger partial charge in [-0.2, -0.15) is 5.10 Å². The predicted molar refractivity (Wildman–Crippen MR) is 67.6 cm³/mol. The van der Waals surface area contributed by atoms with Crippen LogP contribution >= 0.6 is 0 Å². The highest BCUT2D eigenvalue weighted by molar-refractivity contribution is 5.12. The minimum Gasteiger partial charge on any atom is -0.312 e. The Balaban J connectivity index is 1.73. The van der Waals surface area contributed by atoms with E-state index < -0.39 is 0 Å². The van der Waals surface area contributed by atoms with Gasteiger partial charge >= 0.3 is 0 Å². The van der Waals surface area contributed by atoms with Crippen LogP contribution in [0.2, 0.25) is 0 Å². The number of rotatable bonds is 5. The van der Waals surface area contributed by atoms with Crippen LogP contribution in [0, 0.1) is 6.92 Å². The van der Waals surface area contributed by atoms with Crippen molar-refractivity contribution in [1.82, 2.24) is 20.1 Å². The zero-order chi connectivity index (χ0) is 12.1. The van der Waals surface area contributed by atoms with Crippen molar-refractivity contribution in [3.05, 3.63) is 47.5 Å². The van der Waals surface area contributed by atoms with E-state index in [0.717, 1.165) is 25.2 Å². The summed E-state index contributed by atoms with van der Waals surface area (Å²) in [7, 11) is 1.97. The molecule has 2 rings (SSSR count). The van der Waals surface area contributed by atoms with Crippen molar-refractivity contribution < 1.29 is 0 Å². The Morgan fingerprint density at radius 1 is 1.29 bits per heavy atom. The van der Waals surface area contributed by atoms with E-state index in [-0.39, 0.29) is 0 Å². The van der Waals surface area contributed by atoms with Crippen molar-refractivity contribution in [1.29, 1.82) is 0 Å². The lowest BCUT2D eigenvalue weighted by molar-refractivity contribution is 0.642. The highest BCUT2D eigenvalue weighted by Crippen LogP contribution is 1.99. The van der Waals surface area contributed by atoms with E-state index in [1.807, 2.05) is 37.1 Å². The second-order valence-corrected chi connectivity index (χ2v) is 4.18. The molecule has 0 atom stereocenters. The molecule has 0 unspecified atom stereocenters. The largest absolute Gasteiger partial charge is 0.312 e. The maximum Gasteiger partial charge on any atom is 0.0492 e. The number of aromatic nitrogens is 3. The van der Waals surface area contributed by atoms with Crippen molar-refractivity contribution in [2.45, 2.75) is 19.9 Å². The van der Waals surface area contributed by atoms with Crippen LogP contribution in [0.3, 0.4) is 0 Å². The fraction of sp³-hybridized carbons (Fsp3) is 0.385. The number of aryl methyl sites for hydroxylation is 2. The highest BCUT2D eigenvalue weighted by atomic mass is 15.3. The van der Waals surface area contributed by atoms with E-state index in [0.29, 0.717) is 0 Å². The van der Waals surface area contributed by atoms with Crippen LogP contribution in [0.1, 0.15) is 17.0 Å². The summed E-state index contributed by atoms with van der Waals surface area (Å²) in [5, 5.41) is 7.55. The molecule has 4 nitrogen and oxygen atoms in total. The third kappa shape index (κ3) is 3.39. The van der Waals surface area contributed by atoms with Gasteiger partial charge in [0.1, 0.15) is 0 Å². The minimum atomic E-state index is 0.866. The molecule has 2 aromatic heterocycles. The Morgan fingerprint density at radius 3 is 2.82 bits per heavy atom. The quantitative estimate of drug-likeness (QED) is 0.791. The standard InChI is InChI=1S/C13H18N4/c1-11-3-4-12(10-15-11)9-14-7-5-13-6-8-16-17(13)2/h3-4,6,8,10,14H,5,7,9H2,1-2H3. The monoisotopic (exact) mass is 230 g/mol. The fourth-order valence-electron chi connectivity index (χ4n) is 1.70. The van der Waals surface area contributed by atoms with Crippen LogP contribution in [0.4, 0.5) is 0 Å². The zero-order valence-electron chi connectivity index (χ0n) is 10.3. The molecule has 2 aromatic rings. The lowest BCUT2D eigenvalue weighted by Gasteiger charge is -2.05. The van der Waals surface area contributed by atoms with Gasteiger partial charge < -0.3 is 5.32 Å². The van der Waals surface area contributed by atoms with Crippen molar-refractivity contribution in [3.8, 4) is 0 Å². The van der Waals surface area contributed by atoms with Gasteiger partial charge in [0.2, 0.25) is 0 Å². The van der Waals surface area contributed by atoms with E-state index in [1.165, 1.54) is 11.3 Å². The zero-order valence-corrected chi connectivity index (χ0v) is 10.3. The molecular weight excluding hydrogens is 212 g/mol. The summed E-state index contributed by atoms with van der Waals surface area (Å²) >= 11 is 0. The summed E-state index contributed by atoms with van der Waals surface area (Å²) in [6.07, 6.45) is 4.75. The molecule has 1 N–H and O–H groups in total. The second-order valence-electron chi connectivity index (χ2n) is 4.18. The molecule has 4 heteroatoms. The number of pyridine rings is 1. The molecule has 0 spiro atoms. The van der Waals surface area contributed by atoms with Crippen molar-refractivity contribution in [2.24, 2.45) is 7.05 Å². The average Bonchev–Trinajstić information content (AvgIpc) is 2.73. The third-order valence-corrected chi connectivity index (χ3v) is 2.78. The van der Waals surface area contributed by atoms with Crippen LogP contribution < -0.4 is 5.32 Å². The molecule has 0 aromatic carbocycles. The first-order chi connectivity index (χ1) is 8.25. The first kappa shape index (κ1) is 11.8. The van der Waals surface area contributed by atoms with Gasteiger partial charge in [-0.15, -0.1) is 0 Å². The van der Waals surface area contributed by atoms with E-state index in [1.54, 1.807) is 0 Å². The normalized spacial score (nSPS) is 10.7. The Kier molecular flexibility index (Phi) is 3.88. The molecule has 90 valence electrons. The van der Waals surface area contributed by atoms with Gasteiger partial charge in [0.25, 0.3) is 0 Å². The first-order valence-corrected chi connectivity index (χ1v) is 5.85. The highest BCUT2D eigenvalue weighted by Gasteiger charge is 1.98. The van der Waals surface area contributed by atoms with Crippen LogP contribution in [-0.4, -0.2) is 21.3 Å². The van der Waals surface area contributed by atoms with E-state index >= 15 is 0 Å². The Hall–Kier alpha value is -1.68. The summed E-state index contributed by atoms with van der Waals surface area (Å²) < 4.78 is 1.91. The van der Waals surface area contributed by atoms with E-state index in [4.69, 9.17) is 0 Å². The Bertz CT molecular complexity index is 459. The summed E-state index contributed by atoms with van der Waals surface area (Å²) in [5.74, 6) is 0. The van der Waals surface area contributed by atoms with Crippen LogP contribution in [0.5, 0.6) is 0 Å². The topological polar surface area (TPSA) is 42.7 Å². The molecule has 0 amide bonds. The second kappa shape index (κ2) is 5.59. The van der Waals surface area contributed by atoms with Gasteiger partial charge in [0, 0.05) is 50.3 Å². The van der Waals surface area contributed by atoms with Gasteiger partial charge in [-0.05, 0) is 24.6 Å². The molecule has 0 bridgehead atoms. The molecule has 0 radical (unpaired) electrons. The Labute approximate surface area is 102 Å². The molecule has 0 aliphatic carbocycles. The van der Waals surface area contributed by atoms with Gasteiger partial charge in [0.15, 0.2) is 0 Å². The maximum atomic E-state index is 4.27. The first-order valence-electron chi connectivity index (χ1n) is 5.85. The third-order valence-electron chi connectivity index (χ3n) is 2.78. The minimum absolute atomic E-state index is 0.866. The number of hydrogen-bond donors (Lipinski definition) is 1. The maximum absolute atomic E-state index is 4.27. The van der Waals surface area contributed by atoms with Crippen LogP contribution in [0.15, 0.2) is 30.6 Å². The van der Waals surface area contributed by atoms with Gasteiger partial charge in [-0.25, -0.2) is 0 Å². The molecule has 17 heavy (non-hydrogen) atoms. The molecule has 0 saturated heterocycles. The van der Waals surface area contributed by atoms with Gasteiger partial charge in [-0.1, -0.05) is 6.07 Å². The molecule has 0 aliphatic rings. The molecule has 0 saturated carbocycles. The summed E-state index contributed by atoms with van der Waals surface area (Å²) in [6.45, 7) is 3.82. The van der Waals surface area contributed by atoms with E-state index in [9.17, 15) is 0 Å². The molecule has 0 aliphatic heterocycles. The summed E-state index contributed by atoms with van der Waals surface area (Å²) in [5.41, 5.74) is 3.53. The fourth-order valence-corrected chi connectivity index (χ4v) is 1.70. The lowest BCUT2D eigenvalue weighted by Crippen LogP contribution is -2.18. The number of nitrogens with zero attached hydrogens (tertiary/aromatic N) is 3. The average molecular weight is 230 g/mol. The van der Waals surface area contributed by atoms with E-state index in [2.05, 4.69) is 27.5 Å². The number of hydrogen-bond acceptors (Lipinski definition) is 3. The van der Waals surface area contributed by atoms with Gasteiger partial charge in [-0.3, -0.25) is 9.67 Å². The van der Waals surface area contributed by atoms with Crippen LogP contribution in [-0.2, 0) is 20.0 Å². The van der Waals surface area contributed by atoms with Gasteiger partial charge in [0.05, 0.1) is 0 Å². The smallest absolute Gasteiger partial charge is 0.0492 e. The van der Waals surface area contributed by atoms with Crippen LogP contribution in [0.25, 0.3) is 0 Å². The van der Waals surface area contributed by atoms with Crippen molar-refractivity contribution >= 4 is 0 Å². The lowest BCUT2D eigenvalue weighted by atomic mass is 10.2.